The first-order valence-electron chi connectivity index (χ1n) is 5.75. The molecular weight excluding hydrogens is 249 g/mol. The van der Waals surface area contributed by atoms with Crippen molar-refractivity contribution in [2.75, 3.05) is 27.2 Å². The minimum absolute atomic E-state index is 0.222. The van der Waals surface area contributed by atoms with E-state index >= 15 is 0 Å². The van der Waals surface area contributed by atoms with E-state index in [9.17, 15) is 18.0 Å². The largest absolute Gasteiger partial charge is 0.440 e. The van der Waals surface area contributed by atoms with Crippen molar-refractivity contribution in [3.8, 4) is 0 Å². The van der Waals surface area contributed by atoms with E-state index in [1.54, 1.807) is 0 Å². The Morgan fingerprint density at radius 2 is 1.89 bits per heavy atom. The van der Waals surface area contributed by atoms with Crippen LogP contribution in [0.1, 0.15) is 20.3 Å². The summed E-state index contributed by atoms with van der Waals surface area (Å²) in [4.78, 5) is 13.1. The first kappa shape index (κ1) is 17.0. The van der Waals surface area contributed by atoms with E-state index in [2.05, 4.69) is 10.1 Å². The van der Waals surface area contributed by atoms with Gasteiger partial charge in [0.2, 0.25) is 0 Å². The zero-order valence-electron chi connectivity index (χ0n) is 11.2. The summed E-state index contributed by atoms with van der Waals surface area (Å²) in [6, 6.07) is -0.222. The summed E-state index contributed by atoms with van der Waals surface area (Å²) in [7, 11) is 3.66. The van der Waals surface area contributed by atoms with Crippen molar-refractivity contribution >= 4 is 6.09 Å². The average molecular weight is 270 g/mol. The molecule has 0 aliphatic rings. The number of nitrogens with one attached hydrogen (secondary N) is 1. The van der Waals surface area contributed by atoms with Crippen LogP contribution in [0.2, 0.25) is 0 Å². The predicted molar refractivity (Wildman–Crippen MR) is 62.3 cm³/mol. The van der Waals surface area contributed by atoms with Gasteiger partial charge >= 0.3 is 12.3 Å². The zero-order chi connectivity index (χ0) is 14.3. The van der Waals surface area contributed by atoms with Crippen molar-refractivity contribution in [1.29, 1.82) is 0 Å². The molecule has 0 aliphatic carbocycles. The third-order valence-electron chi connectivity index (χ3n) is 2.03. The third kappa shape index (κ3) is 10.2. The van der Waals surface area contributed by atoms with Crippen molar-refractivity contribution in [1.82, 2.24) is 10.2 Å². The van der Waals surface area contributed by atoms with Crippen LogP contribution in [0.5, 0.6) is 0 Å². The Bertz CT molecular complexity index is 245. The normalized spacial score (nSPS) is 13.8. The molecule has 0 radical (unpaired) electrons. The second-order valence-corrected chi connectivity index (χ2v) is 4.92. The fraction of sp³-hybridized carbons (Fsp3) is 0.909. The number of carbonyl (C=O) groups is 1. The van der Waals surface area contributed by atoms with Crippen molar-refractivity contribution in [2.24, 2.45) is 5.92 Å². The van der Waals surface area contributed by atoms with Crippen LogP contribution in [0.4, 0.5) is 18.0 Å². The molecule has 0 aromatic carbocycles. The second-order valence-electron chi connectivity index (χ2n) is 4.92. The number of carbonyl (C=O) groups excluding carboxylic acids is 1. The number of alkyl halides is 3. The van der Waals surface area contributed by atoms with E-state index in [1.807, 2.05) is 32.8 Å². The lowest BCUT2D eigenvalue weighted by molar-refractivity contribution is -0.160. The average Bonchev–Trinajstić information content (AvgIpc) is 2.11. The predicted octanol–water partition coefficient (Wildman–Crippen LogP) is 2.25. The van der Waals surface area contributed by atoms with Crippen LogP contribution in [0.25, 0.3) is 0 Å². The minimum atomic E-state index is -4.49. The van der Waals surface area contributed by atoms with Gasteiger partial charge in [0.25, 0.3) is 0 Å². The first-order valence-corrected chi connectivity index (χ1v) is 5.75. The molecule has 1 unspecified atom stereocenters. The molecule has 1 N–H and O–H groups in total. The fourth-order valence-corrected chi connectivity index (χ4v) is 1.54. The topological polar surface area (TPSA) is 41.6 Å². The van der Waals surface area contributed by atoms with Crippen LogP contribution in [-0.2, 0) is 4.74 Å². The Balaban J connectivity index is 4.17. The standard InChI is InChI=1S/C11H21F3N2O2/c1-8(2)5-9(6-16(3)4)15-10(17)18-7-11(12,13)14/h8-9H,5-7H2,1-4H3,(H,15,17). The summed E-state index contributed by atoms with van der Waals surface area (Å²) < 4.78 is 39.7. The van der Waals surface area contributed by atoms with E-state index in [-0.39, 0.29) is 6.04 Å². The summed E-state index contributed by atoms with van der Waals surface area (Å²) in [5.74, 6) is 0.331. The number of amides is 1. The molecule has 7 heteroatoms. The molecule has 0 bridgehead atoms. The quantitative estimate of drug-likeness (QED) is 0.805. The van der Waals surface area contributed by atoms with Crippen LogP contribution >= 0.6 is 0 Å². The van der Waals surface area contributed by atoms with Gasteiger partial charge in [-0.1, -0.05) is 13.8 Å². The molecule has 1 amide bonds. The molecular formula is C11H21F3N2O2. The van der Waals surface area contributed by atoms with Crippen molar-refractivity contribution in [3.63, 3.8) is 0 Å². The smallest absolute Gasteiger partial charge is 0.422 e. The van der Waals surface area contributed by atoms with Gasteiger partial charge in [-0.15, -0.1) is 0 Å². The summed E-state index contributed by atoms with van der Waals surface area (Å²) in [6.07, 6.45) is -4.84. The zero-order valence-corrected chi connectivity index (χ0v) is 11.2. The monoisotopic (exact) mass is 270 g/mol. The molecule has 0 heterocycles. The number of nitrogens with zero attached hydrogens (tertiary/aromatic N) is 1. The number of hydrogen-bond acceptors (Lipinski definition) is 3. The van der Waals surface area contributed by atoms with Crippen LogP contribution in [0.3, 0.4) is 0 Å². The molecule has 0 fully saturated rings. The number of halogens is 3. The van der Waals surface area contributed by atoms with E-state index in [1.165, 1.54) is 0 Å². The lowest BCUT2D eigenvalue weighted by Crippen LogP contribution is -2.43. The Hall–Kier alpha value is -0.980. The van der Waals surface area contributed by atoms with E-state index in [4.69, 9.17) is 0 Å². The number of likely N-dealkylation sites (N-methyl/N-ethyl adjacent to an activating group) is 1. The molecule has 0 saturated carbocycles. The van der Waals surface area contributed by atoms with Gasteiger partial charge in [0.05, 0.1) is 0 Å². The highest BCUT2D eigenvalue weighted by Gasteiger charge is 2.30. The highest BCUT2D eigenvalue weighted by atomic mass is 19.4. The van der Waals surface area contributed by atoms with Crippen molar-refractivity contribution in [3.05, 3.63) is 0 Å². The SMILES string of the molecule is CC(C)CC(CN(C)C)NC(=O)OCC(F)(F)F. The molecule has 18 heavy (non-hydrogen) atoms. The van der Waals surface area contributed by atoms with Gasteiger partial charge in [-0.05, 0) is 26.4 Å². The van der Waals surface area contributed by atoms with E-state index in [0.29, 0.717) is 18.9 Å². The maximum atomic E-state index is 11.9. The summed E-state index contributed by atoms with van der Waals surface area (Å²) in [5.41, 5.74) is 0. The summed E-state index contributed by atoms with van der Waals surface area (Å²) in [5, 5.41) is 2.45. The molecule has 108 valence electrons. The second kappa shape index (κ2) is 7.45. The summed E-state index contributed by atoms with van der Waals surface area (Å²) >= 11 is 0. The number of rotatable bonds is 6. The van der Waals surface area contributed by atoms with Gasteiger partial charge in [0, 0.05) is 12.6 Å². The van der Waals surface area contributed by atoms with Crippen molar-refractivity contribution < 1.29 is 22.7 Å². The van der Waals surface area contributed by atoms with Crippen LogP contribution in [-0.4, -0.2) is 50.5 Å². The van der Waals surface area contributed by atoms with Gasteiger partial charge in [0.15, 0.2) is 6.61 Å². The fourth-order valence-electron chi connectivity index (χ4n) is 1.54. The van der Waals surface area contributed by atoms with Gasteiger partial charge in [-0.3, -0.25) is 0 Å². The number of hydrogen-bond donors (Lipinski definition) is 1. The molecule has 0 aliphatic heterocycles. The molecule has 0 aromatic rings. The molecule has 0 saturated heterocycles. The highest BCUT2D eigenvalue weighted by Crippen LogP contribution is 2.14. The maximum absolute atomic E-state index is 11.9. The Kier molecular flexibility index (Phi) is 7.05. The molecule has 0 rings (SSSR count). The minimum Gasteiger partial charge on any atom is -0.440 e. The van der Waals surface area contributed by atoms with E-state index < -0.39 is 18.9 Å². The molecule has 1 atom stereocenters. The third-order valence-corrected chi connectivity index (χ3v) is 2.03. The lowest BCUT2D eigenvalue weighted by atomic mass is 10.0. The van der Waals surface area contributed by atoms with Crippen LogP contribution in [0.15, 0.2) is 0 Å². The van der Waals surface area contributed by atoms with E-state index in [0.717, 1.165) is 0 Å². The Morgan fingerprint density at radius 3 is 2.28 bits per heavy atom. The maximum Gasteiger partial charge on any atom is 0.422 e. The Morgan fingerprint density at radius 1 is 1.33 bits per heavy atom. The van der Waals surface area contributed by atoms with Crippen LogP contribution < -0.4 is 5.32 Å². The van der Waals surface area contributed by atoms with Crippen molar-refractivity contribution in [2.45, 2.75) is 32.5 Å². The van der Waals surface area contributed by atoms with Crippen LogP contribution in [0, 0.1) is 5.92 Å². The lowest BCUT2D eigenvalue weighted by Gasteiger charge is -2.23. The molecule has 0 aromatic heterocycles. The summed E-state index contributed by atoms with van der Waals surface area (Å²) in [6.45, 7) is 2.95. The van der Waals surface area contributed by atoms with Gasteiger partial charge in [-0.25, -0.2) is 4.79 Å². The first-order chi connectivity index (χ1) is 8.10. The number of ether oxygens (including phenoxy) is 1. The van der Waals surface area contributed by atoms with Gasteiger partial charge in [-0.2, -0.15) is 13.2 Å². The molecule has 4 nitrogen and oxygen atoms in total. The Labute approximate surface area is 105 Å². The van der Waals surface area contributed by atoms with Gasteiger partial charge in [0.1, 0.15) is 0 Å². The highest BCUT2D eigenvalue weighted by molar-refractivity contribution is 5.67. The van der Waals surface area contributed by atoms with Gasteiger partial charge < -0.3 is 15.0 Å². The molecule has 0 spiro atoms. The number of alkyl carbamates (subject to hydrolysis) is 1.